The molecule has 2 unspecified atom stereocenters. The fourth-order valence-corrected chi connectivity index (χ4v) is 2.66. The van der Waals surface area contributed by atoms with Crippen molar-refractivity contribution < 1.29 is 14.7 Å². The summed E-state index contributed by atoms with van der Waals surface area (Å²) in [5, 5.41) is 9.07. The van der Waals surface area contributed by atoms with Crippen LogP contribution in [0.25, 0.3) is 0 Å². The van der Waals surface area contributed by atoms with Crippen molar-refractivity contribution in [3.8, 4) is 0 Å². The maximum Gasteiger partial charge on any atom is 0.327 e. The Kier molecular flexibility index (Phi) is 4.65. The molecule has 1 aliphatic rings. The number of hydrogen-bond donors (Lipinski definition) is 1. The molecule has 1 heterocycles. The Morgan fingerprint density at radius 1 is 1.38 bits per heavy atom. The van der Waals surface area contributed by atoms with Crippen molar-refractivity contribution in [2.75, 3.05) is 18.1 Å². The van der Waals surface area contributed by atoms with E-state index in [0.29, 0.717) is 12.3 Å². The molecule has 1 saturated heterocycles. The number of carbonyl (C=O) groups is 2. The zero-order chi connectivity index (χ0) is 12.3. The topological polar surface area (TPSA) is 57.6 Å². The van der Waals surface area contributed by atoms with Crippen LogP contribution in [0.5, 0.6) is 0 Å². The van der Waals surface area contributed by atoms with Gasteiger partial charge in [-0.25, -0.2) is 4.79 Å². The number of thioether (sulfide) groups is 1. The number of amides is 1. The molecule has 1 rings (SSSR count). The third kappa shape index (κ3) is 2.90. The van der Waals surface area contributed by atoms with Crippen molar-refractivity contribution >= 4 is 23.6 Å². The molecule has 4 nitrogen and oxygen atoms in total. The molecule has 1 aliphatic heterocycles. The average Bonchev–Trinajstić information content (AvgIpc) is 2.26. The Morgan fingerprint density at radius 2 is 2.00 bits per heavy atom. The minimum atomic E-state index is -0.892. The molecular weight excluding hydrogens is 226 g/mol. The van der Waals surface area contributed by atoms with Gasteiger partial charge in [-0.2, -0.15) is 11.8 Å². The first-order valence-corrected chi connectivity index (χ1v) is 6.71. The zero-order valence-electron chi connectivity index (χ0n) is 9.97. The van der Waals surface area contributed by atoms with Gasteiger partial charge >= 0.3 is 5.97 Å². The summed E-state index contributed by atoms with van der Waals surface area (Å²) in [6, 6.07) is -0.646. The third-order valence-electron chi connectivity index (χ3n) is 3.09. The van der Waals surface area contributed by atoms with Crippen molar-refractivity contribution in [3.05, 3.63) is 0 Å². The minimum Gasteiger partial charge on any atom is -0.480 e. The molecule has 2 atom stereocenters. The summed E-state index contributed by atoms with van der Waals surface area (Å²) in [5.41, 5.74) is 0. The number of hydrogen-bond acceptors (Lipinski definition) is 3. The first-order valence-electron chi connectivity index (χ1n) is 5.56. The molecule has 0 aromatic heterocycles. The minimum absolute atomic E-state index is 0.0253. The predicted molar refractivity (Wildman–Crippen MR) is 64.5 cm³/mol. The van der Waals surface area contributed by atoms with Crippen LogP contribution in [0, 0.1) is 11.8 Å². The van der Waals surface area contributed by atoms with E-state index in [1.165, 1.54) is 4.90 Å². The van der Waals surface area contributed by atoms with Crippen LogP contribution in [0.3, 0.4) is 0 Å². The number of carboxylic acids is 1. The molecule has 0 saturated carbocycles. The molecule has 1 amide bonds. The van der Waals surface area contributed by atoms with Crippen molar-refractivity contribution in [1.29, 1.82) is 0 Å². The second-order valence-corrected chi connectivity index (χ2v) is 5.64. The lowest BCUT2D eigenvalue weighted by molar-refractivity contribution is -0.151. The summed E-state index contributed by atoms with van der Waals surface area (Å²) in [7, 11) is 0. The van der Waals surface area contributed by atoms with E-state index in [2.05, 4.69) is 0 Å². The van der Waals surface area contributed by atoms with Crippen LogP contribution < -0.4 is 0 Å². The Balaban J connectivity index is 2.75. The molecule has 92 valence electrons. The van der Waals surface area contributed by atoms with E-state index < -0.39 is 12.0 Å². The molecule has 0 aromatic carbocycles. The second kappa shape index (κ2) is 5.57. The number of carbonyl (C=O) groups excluding carboxylic acids is 1. The highest BCUT2D eigenvalue weighted by molar-refractivity contribution is 7.99. The van der Waals surface area contributed by atoms with Crippen molar-refractivity contribution in [2.24, 2.45) is 11.8 Å². The summed E-state index contributed by atoms with van der Waals surface area (Å²) in [6.45, 7) is 6.39. The lowest BCUT2D eigenvalue weighted by atomic mass is 9.96. The summed E-state index contributed by atoms with van der Waals surface area (Å²) in [4.78, 5) is 24.7. The molecule has 1 fully saturated rings. The fraction of sp³-hybridized carbons (Fsp3) is 0.818. The number of aliphatic carboxylic acids is 1. The molecule has 0 radical (unpaired) electrons. The Labute approximate surface area is 100 Å². The van der Waals surface area contributed by atoms with Gasteiger partial charge in [0.1, 0.15) is 6.04 Å². The predicted octanol–water partition coefficient (Wildman–Crippen LogP) is 1.31. The highest BCUT2D eigenvalue weighted by Gasteiger charge is 2.34. The van der Waals surface area contributed by atoms with E-state index in [4.69, 9.17) is 5.11 Å². The van der Waals surface area contributed by atoms with Crippen LogP contribution in [0.2, 0.25) is 0 Å². The van der Waals surface area contributed by atoms with E-state index in [9.17, 15) is 9.59 Å². The Bertz CT molecular complexity index is 280. The standard InChI is InChI=1S/C11H19NO3S/c1-7(2)8(3)10(13)12-4-5-16-6-9(12)11(14)15/h7-9H,4-6H2,1-3H3,(H,14,15). The van der Waals surface area contributed by atoms with Gasteiger partial charge in [0.2, 0.25) is 5.91 Å². The smallest absolute Gasteiger partial charge is 0.327 e. The first kappa shape index (κ1) is 13.4. The molecule has 1 N–H and O–H groups in total. The highest BCUT2D eigenvalue weighted by Crippen LogP contribution is 2.21. The fourth-order valence-electron chi connectivity index (χ4n) is 1.62. The van der Waals surface area contributed by atoms with Crippen LogP contribution in [0.4, 0.5) is 0 Å². The van der Waals surface area contributed by atoms with Gasteiger partial charge in [-0.05, 0) is 5.92 Å². The highest BCUT2D eigenvalue weighted by atomic mass is 32.2. The first-order chi connectivity index (χ1) is 7.45. The number of rotatable bonds is 3. The van der Waals surface area contributed by atoms with Gasteiger partial charge in [0, 0.05) is 24.0 Å². The van der Waals surface area contributed by atoms with Gasteiger partial charge in [-0.3, -0.25) is 4.79 Å². The Morgan fingerprint density at radius 3 is 2.50 bits per heavy atom. The summed E-state index contributed by atoms with van der Waals surface area (Å²) < 4.78 is 0. The van der Waals surface area contributed by atoms with Crippen LogP contribution in [-0.2, 0) is 9.59 Å². The Hall–Kier alpha value is -0.710. The molecule has 0 aliphatic carbocycles. The molecule has 0 aromatic rings. The van der Waals surface area contributed by atoms with Gasteiger partial charge in [-0.1, -0.05) is 20.8 Å². The van der Waals surface area contributed by atoms with Gasteiger partial charge in [-0.15, -0.1) is 0 Å². The summed E-state index contributed by atoms with van der Waals surface area (Å²) in [6.07, 6.45) is 0. The SMILES string of the molecule is CC(C)C(C)C(=O)N1CCSCC1C(=O)O. The normalized spacial score (nSPS) is 23.2. The monoisotopic (exact) mass is 245 g/mol. The van der Waals surface area contributed by atoms with E-state index in [1.54, 1.807) is 11.8 Å². The number of carboxylic acid groups (broad SMARTS) is 1. The van der Waals surface area contributed by atoms with Crippen LogP contribution >= 0.6 is 11.8 Å². The van der Waals surface area contributed by atoms with Gasteiger partial charge in [0.15, 0.2) is 0 Å². The lowest BCUT2D eigenvalue weighted by Crippen LogP contribution is -2.52. The van der Waals surface area contributed by atoms with Crippen molar-refractivity contribution in [1.82, 2.24) is 4.90 Å². The average molecular weight is 245 g/mol. The van der Waals surface area contributed by atoms with Crippen LogP contribution in [-0.4, -0.2) is 46.0 Å². The third-order valence-corrected chi connectivity index (χ3v) is 4.11. The number of nitrogens with zero attached hydrogens (tertiary/aromatic N) is 1. The molecule has 0 spiro atoms. The van der Waals surface area contributed by atoms with Gasteiger partial charge in [0.25, 0.3) is 0 Å². The molecule has 5 heteroatoms. The lowest BCUT2D eigenvalue weighted by Gasteiger charge is -2.35. The maximum absolute atomic E-state index is 12.1. The van der Waals surface area contributed by atoms with Gasteiger partial charge in [0.05, 0.1) is 0 Å². The maximum atomic E-state index is 12.1. The molecular formula is C11H19NO3S. The van der Waals surface area contributed by atoms with Crippen molar-refractivity contribution in [2.45, 2.75) is 26.8 Å². The summed E-state index contributed by atoms with van der Waals surface area (Å²) in [5.74, 6) is 0.562. The van der Waals surface area contributed by atoms with E-state index in [0.717, 1.165) is 5.75 Å². The van der Waals surface area contributed by atoms with Crippen LogP contribution in [0.1, 0.15) is 20.8 Å². The van der Waals surface area contributed by atoms with E-state index in [1.807, 2.05) is 20.8 Å². The van der Waals surface area contributed by atoms with E-state index in [-0.39, 0.29) is 17.7 Å². The van der Waals surface area contributed by atoms with E-state index >= 15 is 0 Å². The van der Waals surface area contributed by atoms with Crippen LogP contribution in [0.15, 0.2) is 0 Å². The van der Waals surface area contributed by atoms with Gasteiger partial charge < -0.3 is 10.0 Å². The van der Waals surface area contributed by atoms with Crippen molar-refractivity contribution in [3.63, 3.8) is 0 Å². The quantitative estimate of drug-likeness (QED) is 0.814. The zero-order valence-corrected chi connectivity index (χ0v) is 10.8. The largest absolute Gasteiger partial charge is 0.480 e. The summed E-state index contributed by atoms with van der Waals surface area (Å²) >= 11 is 1.60. The second-order valence-electron chi connectivity index (χ2n) is 4.49. The molecule has 0 bridgehead atoms. The molecule has 16 heavy (non-hydrogen) atoms.